The van der Waals surface area contributed by atoms with Crippen LogP contribution in [-0.4, -0.2) is 20.1 Å². The van der Waals surface area contributed by atoms with Crippen molar-refractivity contribution in [2.75, 3.05) is 6.54 Å². The largest absolute Gasteiger partial charge is 0.391 e. The fourth-order valence-electron chi connectivity index (χ4n) is 2.38. The van der Waals surface area contributed by atoms with Gasteiger partial charge in [0.05, 0.1) is 11.5 Å². The molecule has 2 N–H and O–H groups in total. The molecule has 1 aliphatic carbocycles. The second kappa shape index (κ2) is 6.14. The van der Waals surface area contributed by atoms with Crippen LogP contribution in [0.25, 0.3) is 0 Å². The first-order valence-corrected chi connectivity index (χ1v) is 8.66. The molecule has 1 heterocycles. The smallest absolute Gasteiger partial charge is 0.241 e. The Kier molecular flexibility index (Phi) is 4.77. The summed E-state index contributed by atoms with van der Waals surface area (Å²) in [5.74, 6) is 0.463. The van der Waals surface area contributed by atoms with E-state index >= 15 is 0 Å². The molecule has 0 aliphatic heterocycles. The number of aliphatic hydroxyl groups excluding tert-OH is 1. The molecule has 0 spiro atoms. The summed E-state index contributed by atoms with van der Waals surface area (Å²) in [6, 6.07) is 1.55. The summed E-state index contributed by atoms with van der Waals surface area (Å²) < 4.78 is 26.9. The predicted octanol–water partition coefficient (Wildman–Crippen LogP) is 2.10. The van der Waals surface area contributed by atoms with Crippen LogP contribution >= 0.6 is 11.3 Å². The molecule has 1 aromatic rings. The van der Waals surface area contributed by atoms with Crippen molar-refractivity contribution < 1.29 is 13.5 Å². The molecule has 0 atom stereocenters. The van der Waals surface area contributed by atoms with Gasteiger partial charge in [-0.05, 0) is 30.2 Å². The molecule has 102 valence electrons. The first kappa shape index (κ1) is 14.0. The van der Waals surface area contributed by atoms with Crippen LogP contribution in [0.4, 0.5) is 0 Å². The molecule has 2 rings (SSSR count). The van der Waals surface area contributed by atoms with Crippen LogP contribution in [-0.2, 0) is 16.6 Å². The lowest BCUT2D eigenvalue weighted by Crippen LogP contribution is -2.30. The minimum absolute atomic E-state index is 0.225. The van der Waals surface area contributed by atoms with Gasteiger partial charge in [0.1, 0.15) is 0 Å². The second-order valence-electron chi connectivity index (χ2n) is 4.72. The van der Waals surface area contributed by atoms with Gasteiger partial charge in [0, 0.05) is 11.4 Å². The zero-order valence-electron chi connectivity index (χ0n) is 10.3. The SMILES string of the molecule is O=S(=O)(NCC1CCCCC1)c1ccsc1CO. The first-order valence-electron chi connectivity index (χ1n) is 6.30. The van der Waals surface area contributed by atoms with Crippen LogP contribution in [0.3, 0.4) is 0 Å². The van der Waals surface area contributed by atoms with Crippen LogP contribution in [0.5, 0.6) is 0 Å². The van der Waals surface area contributed by atoms with E-state index in [1.165, 1.54) is 30.6 Å². The van der Waals surface area contributed by atoms with E-state index in [1.807, 2.05) is 0 Å². The lowest BCUT2D eigenvalue weighted by Gasteiger charge is -2.21. The van der Waals surface area contributed by atoms with Crippen molar-refractivity contribution in [2.45, 2.75) is 43.6 Å². The molecule has 0 saturated heterocycles. The van der Waals surface area contributed by atoms with Gasteiger partial charge in [-0.1, -0.05) is 19.3 Å². The molecule has 6 heteroatoms. The van der Waals surface area contributed by atoms with Crippen molar-refractivity contribution in [2.24, 2.45) is 5.92 Å². The van der Waals surface area contributed by atoms with E-state index in [1.54, 1.807) is 11.4 Å². The third kappa shape index (κ3) is 3.32. The Morgan fingerprint density at radius 1 is 1.33 bits per heavy atom. The molecule has 0 radical (unpaired) electrons. The highest BCUT2D eigenvalue weighted by Gasteiger charge is 2.21. The monoisotopic (exact) mass is 289 g/mol. The number of nitrogens with one attached hydrogen (secondary N) is 1. The Hall–Kier alpha value is -0.430. The van der Waals surface area contributed by atoms with Gasteiger partial charge in [0.25, 0.3) is 0 Å². The molecule has 1 fully saturated rings. The summed E-state index contributed by atoms with van der Waals surface area (Å²) in [5.41, 5.74) is 0. The van der Waals surface area contributed by atoms with Crippen LogP contribution in [0, 0.1) is 5.92 Å². The van der Waals surface area contributed by atoms with Gasteiger partial charge >= 0.3 is 0 Å². The average molecular weight is 289 g/mol. The highest BCUT2D eigenvalue weighted by Crippen LogP contribution is 2.25. The highest BCUT2D eigenvalue weighted by atomic mass is 32.2. The van der Waals surface area contributed by atoms with Crippen molar-refractivity contribution in [1.29, 1.82) is 0 Å². The molecule has 18 heavy (non-hydrogen) atoms. The van der Waals surface area contributed by atoms with Gasteiger partial charge in [-0.25, -0.2) is 13.1 Å². The highest BCUT2D eigenvalue weighted by molar-refractivity contribution is 7.89. The minimum Gasteiger partial charge on any atom is -0.391 e. The number of sulfonamides is 1. The summed E-state index contributed by atoms with van der Waals surface area (Å²) in [7, 11) is -3.46. The Morgan fingerprint density at radius 2 is 2.06 bits per heavy atom. The zero-order chi connectivity index (χ0) is 13.0. The third-order valence-corrected chi connectivity index (χ3v) is 5.97. The van der Waals surface area contributed by atoms with E-state index in [9.17, 15) is 8.42 Å². The molecule has 4 nitrogen and oxygen atoms in total. The molecule has 0 amide bonds. The Morgan fingerprint density at radius 3 is 2.72 bits per heavy atom. The van der Waals surface area contributed by atoms with Crippen LogP contribution in [0.2, 0.25) is 0 Å². The minimum atomic E-state index is -3.46. The average Bonchev–Trinajstić information content (AvgIpc) is 2.87. The molecule has 1 aromatic heterocycles. The van der Waals surface area contributed by atoms with Gasteiger partial charge in [-0.15, -0.1) is 11.3 Å². The van der Waals surface area contributed by atoms with Gasteiger partial charge < -0.3 is 5.11 Å². The maximum absolute atomic E-state index is 12.1. The van der Waals surface area contributed by atoms with Crippen molar-refractivity contribution in [3.8, 4) is 0 Å². The summed E-state index contributed by atoms with van der Waals surface area (Å²) in [6.07, 6.45) is 5.89. The van der Waals surface area contributed by atoms with Gasteiger partial charge in [-0.3, -0.25) is 0 Å². The van der Waals surface area contributed by atoms with Crippen LogP contribution < -0.4 is 4.72 Å². The number of hydrogen-bond acceptors (Lipinski definition) is 4. The lowest BCUT2D eigenvalue weighted by molar-refractivity contribution is 0.282. The van der Waals surface area contributed by atoms with Gasteiger partial charge in [-0.2, -0.15) is 0 Å². The maximum Gasteiger partial charge on any atom is 0.241 e. The number of thiophene rings is 1. The van der Waals surface area contributed by atoms with E-state index in [4.69, 9.17) is 5.11 Å². The third-order valence-electron chi connectivity index (χ3n) is 3.42. The number of hydrogen-bond donors (Lipinski definition) is 2. The Labute approximate surface area is 112 Å². The fourth-order valence-corrected chi connectivity index (χ4v) is 4.79. The molecular formula is C12H19NO3S2. The molecule has 1 saturated carbocycles. The summed E-state index contributed by atoms with van der Waals surface area (Å²) >= 11 is 1.27. The van der Waals surface area contributed by atoms with E-state index in [-0.39, 0.29) is 11.5 Å². The van der Waals surface area contributed by atoms with Crippen LogP contribution in [0.15, 0.2) is 16.3 Å². The topological polar surface area (TPSA) is 66.4 Å². The fraction of sp³-hybridized carbons (Fsp3) is 0.667. The Balaban J connectivity index is 1.99. The van der Waals surface area contributed by atoms with Gasteiger partial charge in [0.15, 0.2) is 0 Å². The lowest BCUT2D eigenvalue weighted by atomic mass is 9.90. The molecule has 0 aromatic carbocycles. The standard InChI is InChI=1S/C12H19NO3S2/c14-9-11-12(6-7-17-11)18(15,16)13-8-10-4-2-1-3-5-10/h6-7,10,13-14H,1-5,8-9H2. The maximum atomic E-state index is 12.1. The number of rotatable bonds is 5. The molecule has 0 bridgehead atoms. The van der Waals surface area contributed by atoms with E-state index < -0.39 is 10.0 Å². The summed E-state index contributed by atoms with van der Waals surface area (Å²) in [6.45, 7) is 0.292. The number of aliphatic hydroxyl groups is 1. The molecule has 1 aliphatic rings. The first-order chi connectivity index (χ1) is 8.63. The summed E-state index contributed by atoms with van der Waals surface area (Å²) in [5, 5.41) is 10.8. The molecule has 0 unspecified atom stereocenters. The van der Waals surface area contributed by atoms with Gasteiger partial charge in [0.2, 0.25) is 10.0 Å². The van der Waals surface area contributed by atoms with Crippen LogP contribution in [0.1, 0.15) is 37.0 Å². The van der Waals surface area contributed by atoms with E-state index in [2.05, 4.69) is 4.72 Å². The Bertz CT molecular complexity index is 475. The van der Waals surface area contributed by atoms with Crippen molar-refractivity contribution in [3.05, 3.63) is 16.3 Å². The van der Waals surface area contributed by atoms with E-state index in [0.29, 0.717) is 17.3 Å². The summed E-state index contributed by atoms with van der Waals surface area (Å²) in [4.78, 5) is 0.733. The normalized spacial score (nSPS) is 18.1. The van der Waals surface area contributed by atoms with Crippen molar-refractivity contribution in [1.82, 2.24) is 4.72 Å². The second-order valence-corrected chi connectivity index (χ2v) is 7.46. The zero-order valence-corrected chi connectivity index (χ0v) is 11.9. The molecular weight excluding hydrogens is 270 g/mol. The van der Waals surface area contributed by atoms with E-state index in [0.717, 1.165) is 12.8 Å². The van der Waals surface area contributed by atoms with Crippen molar-refractivity contribution in [3.63, 3.8) is 0 Å². The predicted molar refractivity (Wildman–Crippen MR) is 72.0 cm³/mol. The quantitative estimate of drug-likeness (QED) is 0.872. The van der Waals surface area contributed by atoms with Crippen molar-refractivity contribution >= 4 is 21.4 Å².